The van der Waals surface area contributed by atoms with E-state index in [2.05, 4.69) is 4.98 Å². The Hall–Kier alpha value is -1.43. The van der Waals surface area contributed by atoms with Gasteiger partial charge < -0.3 is 10.8 Å². The van der Waals surface area contributed by atoms with Gasteiger partial charge in [-0.25, -0.2) is 9.18 Å². The highest BCUT2D eigenvalue weighted by molar-refractivity contribution is 5.26. The van der Waals surface area contributed by atoms with Crippen molar-refractivity contribution in [3.63, 3.8) is 0 Å². The smallest absolute Gasteiger partial charge is 0.349 e. The SMILES string of the molecule is C[C@H]1[C@H](CO)C[C@@H]1n1cc(F)c(N)nc1=O. The topological polar surface area (TPSA) is 81.1 Å². The molecule has 2 rings (SSSR count). The molecule has 1 fully saturated rings. The summed E-state index contributed by atoms with van der Waals surface area (Å²) >= 11 is 0. The minimum Gasteiger partial charge on any atom is -0.396 e. The van der Waals surface area contributed by atoms with Gasteiger partial charge in [-0.15, -0.1) is 0 Å². The van der Waals surface area contributed by atoms with Crippen LogP contribution in [0.1, 0.15) is 19.4 Å². The van der Waals surface area contributed by atoms with Crippen LogP contribution in [0, 0.1) is 17.7 Å². The monoisotopic (exact) mass is 227 g/mol. The Morgan fingerprint density at radius 2 is 2.44 bits per heavy atom. The van der Waals surface area contributed by atoms with E-state index in [-0.39, 0.29) is 30.3 Å². The summed E-state index contributed by atoms with van der Waals surface area (Å²) in [7, 11) is 0. The Kier molecular flexibility index (Phi) is 2.67. The number of nitrogens with two attached hydrogens (primary N) is 1. The first-order chi connectivity index (χ1) is 7.54. The molecule has 0 radical (unpaired) electrons. The molecule has 0 spiro atoms. The van der Waals surface area contributed by atoms with Crippen molar-refractivity contribution >= 4 is 5.82 Å². The van der Waals surface area contributed by atoms with Crippen molar-refractivity contribution in [1.82, 2.24) is 9.55 Å². The van der Waals surface area contributed by atoms with Crippen LogP contribution in [0.4, 0.5) is 10.2 Å². The van der Waals surface area contributed by atoms with Crippen molar-refractivity contribution in [3.8, 4) is 0 Å². The molecule has 1 saturated carbocycles. The van der Waals surface area contributed by atoms with Gasteiger partial charge in [-0.1, -0.05) is 6.92 Å². The van der Waals surface area contributed by atoms with E-state index in [1.807, 2.05) is 6.92 Å². The summed E-state index contributed by atoms with van der Waals surface area (Å²) in [4.78, 5) is 14.9. The fourth-order valence-corrected chi connectivity index (χ4v) is 2.16. The minimum absolute atomic E-state index is 0.0905. The third-order valence-corrected chi connectivity index (χ3v) is 3.42. The molecule has 1 heterocycles. The summed E-state index contributed by atoms with van der Waals surface area (Å²) < 4.78 is 14.5. The molecule has 0 saturated heterocycles. The summed E-state index contributed by atoms with van der Waals surface area (Å²) in [6.07, 6.45) is 1.77. The summed E-state index contributed by atoms with van der Waals surface area (Å²) in [6.45, 7) is 2.02. The van der Waals surface area contributed by atoms with E-state index in [1.165, 1.54) is 4.57 Å². The molecule has 1 aromatic rings. The maximum absolute atomic E-state index is 13.2. The zero-order valence-corrected chi connectivity index (χ0v) is 8.93. The van der Waals surface area contributed by atoms with Crippen LogP contribution >= 0.6 is 0 Å². The zero-order valence-electron chi connectivity index (χ0n) is 8.93. The second kappa shape index (κ2) is 3.86. The first-order valence-corrected chi connectivity index (χ1v) is 5.19. The fourth-order valence-electron chi connectivity index (χ4n) is 2.16. The Balaban J connectivity index is 2.30. The molecule has 0 amide bonds. The number of rotatable bonds is 2. The average molecular weight is 227 g/mol. The summed E-state index contributed by atoms with van der Waals surface area (Å²) in [5.41, 5.74) is 4.66. The highest BCUT2D eigenvalue weighted by Crippen LogP contribution is 2.42. The second-order valence-corrected chi connectivity index (χ2v) is 4.27. The Labute approximate surface area is 91.7 Å². The van der Waals surface area contributed by atoms with Crippen molar-refractivity contribution in [2.45, 2.75) is 19.4 Å². The minimum atomic E-state index is -0.681. The van der Waals surface area contributed by atoms with Crippen molar-refractivity contribution < 1.29 is 9.50 Å². The number of aliphatic hydroxyl groups is 1. The van der Waals surface area contributed by atoms with Crippen molar-refractivity contribution in [3.05, 3.63) is 22.5 Å². The lowest BCUT2D eigenvalue weighted by Gasteiger charge is -2.42. The number of nitrogen functional groups attached to an aromatic ring is 1. The van der Waals surface area contributed by atoms with Crippen molar-refractivity contribution in [2.75, 3.05) is 12.3 Å². The molecule has 3 atom stereocenters. The Morgan fingerprint density at radius 1 is 1.75 bits per heavy atom. The number of anilines is 1. The van der Waals surface area contributed by atoms with E-state index in [1.54, 1.807) is 0 Å². The highest BCUT2D eigenvalue weighted by atomic mass is 19.1. The largest absolute Gasteiger partial charge is 0.396 e. The number of halogens is 1. The van der Waals surface area contributed by atoms with E-state index < -0.39 is 11.5 Å². The van der Waals surface area contributed by atoms with E-state index in [0.717, 1.165) is 6.20 Å². The predicted octanol–water partition coefficient (Wildman–Crippen LogP) is 0.154. The van der Waals surface area contributed by atoms with Gasteiger partial charge in [0.1, 0.15) is 0 Å². The molecule has 1 aliphatic carbocycles. The Bertz CT molecular complexity index is 460. The van der Waals surface area contributed by atoms with E-state index in [4.69, 9.17) is 10.8 Å². The molecule has 1 aliphatic rings. The number of hydrogen-bond donors (Lipinski definition) is 2. The summed E-state index contributed by atoms with van der Waals surface area (Å²) in [5.74, 6) is -0.726. The van der Waals surface area contributed by atoms with E-state index >= 15 is 0 Å². The van der Waals surface area contributed by atoms with Gasteiger partial charge in [0.25, 0.3) is 0 Å². The molecule has 88 valence electrons. The molecule has 6 heteroatoms. The maximum atomic E-state index is 13.2. The molecule has 1 aromatic heterocycles. The standard InChI is InChI=1S/C10H14FN3O2/c1-5-6(4-15)2-8(5)14-3-7(11)9(12)13-10(14)16/h3,5-6,8,15H,2,4H2,1H3,(H2,12,13,16)/t5-,6-,8-/m0/s1. The molecular formula is C10H14FN3O2. The number of hydrogen-bond acceptors (Lipinski definition) is 4. The predicted molar refractivity (Wildman–Crippen MR) is 56.3 cm³/mol. The third kappa shape index (κ3) is 1.59. The number of aromatic nitrogens is 2. The first-order valence-electron chi connectivity index (χ1n) is 5.19. The van der Waals surface area contributed by atoms with Crippen LogP contribution in [0.5, 0.6) is 0 Å². The van der Waals surface area contributed by atoms with Gasteiger partial charge >= 0.3 is 5.69 Å². The van der Waals surface area contributed by atoms with Crippen LogP contribution in [0.25, 0.3) is 0 Å². The van der Waals surface area contributed by atoms with Crippen LogP contribution in [0.3, 0.4) is 0 Å². The van der Waals surface area contributed by atoms with Crippen LogP contribution in [0.2, 0.25) is 0 Å². The molecule has 0 aromatic carbocycles. The van der Waals surface area contributed by atoms with Gasteiger partial charge in [0.05, 0.1) is 0 Å². The zero-order chi connectivity index (χ0) is 11.9. The number of aliphatic hydroxyl groups excluding tert-OH is 1. The summed E-state index contributed by atoms with van der Waals surface area (Å²) in [6, 6.07) is -0.0905. The van der Waals surface area contributed by atoms with Gasteiger partial charge in [0.2, 0.25) is 0 Å². The van der Waals surface area contributed by atoms with Gasteiger partial charge in [0.15, 0.2) is 11.6 Å². The Morgan fingerprint density at radius 3 is 3.00 bits per heavy atom. The van der Waals surface area contributed by atoms with Gasteiger partial charge in [-0.2, -0.15) is 4.98 Å². The lowest BCUT2D eigenvalue weighted by atomic mass is 9.70. The molecule has 16 heavy (non-hydrogen) atoms. The van der Waals surface area contributed by atoms with Crippen molar-refractivity contribution in [2.24, 2.45) is 11.8 Å². The average Bonchev–Trinajstić information content (AvgIpc) is 2.24. The van der Waals surface area contributed by atoms with Gasteiger partial charge in [-0.3, -0.25) is 4.57 Å². The van der Waals surface area contributed by atoms with Crippen molar-refractivity contribution in [1.29, 1.82) is 0 Å². The molecule has 0 aliphatic heterocycles. The second-order valence-electron chi connectivity index (χ2n) is 4.27. The van der Waals surface area contributed by atoms with E-state index in [9.17, 15) is 9.18 Å². The van der Waals surface area contributed by atoms with Crippen LogP contribution < -0.4 is 11.4 Å². The van der Waals surface area contributed by atoms with Crippen LogP contribution in [-0.2, 0) is 0 Å². The molecule has 3 N–H and O–H groups in total. The normalized spacial score (nSPS) is 28.8. The molecule has 0 bridgehead atoms. The van der Waals surface area contributed by atoms with Crippen LogP contribution in [0.15, 0.2) is 11.0 Å². The quantitative estimate of drug-likeness (QED) is 0.753. The summed E-state index contributed by atoms with van der Waals surface area (Å²) in [5, 5.41) is 8.99. The fraction of sp³-hybridized carbons (Fsp3) is 0.600. The highest BCUT2D eigenvalue weighted by Gasteiger charge is 2.39. The number of nitrogens with zero attached hydrogens (tertiary/aromatic N) is 2. The van der Waals surface area contributed by atoms with Gasteiger partial charge in [-0.05, 0) is 18.3 Å². The molecule has 5 nitrogen and oxygen atoms in total. The molecule has 0 unspecified atom stereocenters. The van der Waals surface area contributed by atoms with Crippen LogP contribution in [-0.4, -0.2) is 21.3 Å². The van der Waals surface area contributed by atoms with E-state index in [0.29, 0.717) is 6.42 Å². The lowest BCUT2D eigenvalue weighted by Crippen LogP contribution is -2.43. The molecular weight excluding hydrogens is 213 g/mol. The maximum Gasteiger partial charge on any atom is 0.349 e. The first kappa shape index (κ1) is 11.1. The lowest BCUT2D eigenvalue weighted by molar-refractivity contribution is 0.0393. The van der Waals surface area contributed by atoms with Gasteiger partial charge in [0, 0.05) is 18.8 Å². The third-order valence-electron chi connectivity index (χ3n) is 3.42.